The summed E-state index contributed by atoms with van der Waals surface area (Å²) in [6.45, 7) is 5.58. The number of hydrogen-bond acceptors (Lipinski definition) is 2. The van der Waals surface area contributed by atoms with Crippen LogP contribution < -0.4 is 0 Å². The first-order valence-electron chi connectivity index (χ1n) is 9.45. The number of rotatable bonds is 3. The zero-order valence-corrected chi connectivity index (χ0v) is 15.8. The van der Waals surface area contributed by atoms with Crippen LogP contribution in [-0.2, 0) is 4.79 Å². The van der Waals surface area contributed by atoms with Crippen molar-refractivity contribution < 1.29 is 9.59 Å². The van der Waals surface area contributed by atoms with E-state index in [-0.39, 0.29) is 5.41 Å². The van der Waals surface area contributed by atoms with Crippen molar-refractivity contribution in [3.05, 3.63) is 66.5 Å². The lowest BCUT2D eigenvalue weighted by Crippen LogP contribution is -2.46. The standard InChI is InChI=1S/C23H24N2O2/c1-23(2)12-8-13-24(16-23)22(27)21(26)20-19(17-9-4-3-5-10-17)15-18-11-6-7-14-25(18)20/h3-7,9-11,14-15H,8,12-13,16H2,1-2H3. The van der Waals surface area contributed by atoms with E-state index < -0.39 is 11.7 Å². The van der Waals surface area contributed by atoms with E-state index in [0.29, 0.717) is 18.8 Å². The van der Waals surface area contributed by atoms with Crippen molar-refractivity contribution in [3.8, 4) is 11.1 Å². The molecule has 1 amide bonds. The molecule has 1 aliphatic heterocycles. The minimum atomic E-state index is -0.433. The number of piperidine rings is 1. The van der Waals surface area contributed by atoms with E-state index in [1.165, 1.54) is 0 Å². The summed E-state index contributed by atoms with van der Waals surface area (Å²) in [6.07, 6.45) is 3.86. The quantitative estimate of drug-likeness (QED) is 0.512. The highest BCUT2D eigenvalue weighted by molar-refractivity contribution is 6.43. The van der Waals surface area contributed by atoms with E-state index in [1.807, 2.05) is 65.2 Å². The van der Waals surface area contributed by atoms with Crippen LogP contribution in [0.4, 0.5) is 0 Å². The number of nitrogens with zero attached hydrogens (tertiary/aromatic N) is 2. The maximum Gasteiger partial charge on any atom is 0.296 e. The summed E-state index contributed by atoms with van der Waals surface area (Å²) in [5, 5.41) is 0. The molecule has 4 rings (SSSR count). The van der Waals surface area contributed by atoms with Crippen LogP contribution in [0.3, 0.4) is 0 Å². The molecule has 4 heteroatoms. The van der Waals surface area contributed by atoms with E-state index in [2.05, 4.69) is 13.8 Å². The minimum Gasteiger partial charge on any atom is -0.335 e. The summed E-state index contributed by atoms with van der Waals surface area (Å²) in [4.78, 5) is 28.1. The molecule has 0 spiro atoms. The largest absolute Gasteiger partial charge is 0.335 e. The van der Waals surface area contributed by atoms with Crippen molar-refractivity contribution >= 4 is 17.2 Å². The van der Waals surface area contributed by atoms with Crippen LogP contribution in [0.2, 0.25) is 0 Å². The average Bonchev–Trinajstić information content (AvgIpc) is 3.06. The van der Waals surface area contributed by atoms with Gasteiger partial charge in [-0.3, -0.25) is 9.59 Å². The van der Waals surface area contributed by atoms with E-state index in [0.717, 1.165) is 29.5 Å². The maximum absolute atomic E-state index is 13.3. The van der Waals surface area contributed by atoms with Crippen LogP contribution in [-0.4, -0.2) is 34.1 Å². The molecule has 3 heterocycles. The van der Waals surface area contributed by atoms with Gasteiger partial charge in [0.2, 0.25) is 0 Å². The Hall–Kier alpha value is -2.88. The Kier molecular flexibility index (Phi) is 4.34. The second kappa shape index (κ2) is 6.69. The lowest BCUT2D eigenvalue weighted by Gasteiger charge is -2.37. The van der Waals surface area contributed by atoms with Crippen molar-refractivity contribution in [2.75, 3.05) is 13.1 Å². The summed E-state index contributed by atoms with van der Waals surface area (Å²) in [5.41, 5.74) is 3.15. The molecule has 4 nitrogen and oxygen atoms in total. The van der Waals surface area contributed by atoms with Gasteiger partial charge in [0.1, 0.15) is 5.69 Å². The maximum atomic E-state index is 13.3. The van der Waals surface area contributed by atoms with Crippen LogP contribution in [0.25, 0.3) is 16.6 Å². The molecule has 1 fully saturated rings. The number of carbonyl (C=O) groups is 2. The monoisotopic (exact) mass is 360 g/mol. The molecule has 2 aromatic heterocycles. The molecular formula is C23H24N2O2. The van der Waals surface area contributed by atoms with E-state index in [1.54, 1.807) is 4.90 Å². The van der Waals surface area contributed by atoms with Crippen molar-refractivity contribution in [1.29, 1.82) is 0 Å². The summed E-state index contributed by atoms with van der Waals surface area (Å²) in [7, 11) is 0. The van der Waals surface area contributed by atoms with Gasteiger partial charge in [-0.2, -0.15) is 0 Å². The molecular weight excluding hydrogens is 336 g/mol. The second-order valence-electron chi connectivity index (χ2n) is 8.09. The Bertz CT molecular complexity index is 1000. The second-order valence-corrected chi connectivity index (χ2v) is 8.09. The number of amides is 1. The highest BCUT2D eigenvalue weighted by Gasteiger charge is 2.34. The van der Waals surface area contributed by atoms with Crippen molar-refractivity contribution in [2.45, 2.75) is 26.7 Å². The molecule has 138 valence electrons. The van der Waals surface area contributed by atoms with Gasteiger partial charge in [-0.1, -0.05) is 50.2 Å². The van der Waals surface area contributed by atoms with Crippen molar-refractivity contribution in [3.63, 3.8) is 0 Å². The summed E-state index contributed by atoms with van der Waals surface area (Å²) in [6, 6.07) is 17.5. The number of Topliss-reactive ketones (excluding diaryl/α,β-unsaturated/α-hetero) is 1. The Morgan fingerprint density at radius 3 is 2.48 bits per heavy atom. The minimum absolute atomic E-state index is 0.0533. The Balaban J connectivity index is 1.78. The molecule has 0 unspecified atom stereocenters. The molecule has 27 heavy (non-hydrogen) atoms. The van der Waals surface area contributed by atoms with Gasteiger partial charge in [0, 0.05) is 30.4 Å². The van der Waals surface area contributed by atoms with E-state index in [4.69, 9.17) is 0 Å². The predicted molar refractivity (Wildman–Crippen MR) is 107 cm³/mol. The lowest BCUT2D eigenvalue weighted by molar-refractivity contribution is -0.129. The molecule has 1 aliphatic rings. The van der Waals surface area contributed by atoms with Crippen LogP contribution in [0, 0.1) is 5.41 Å². The van der Waals surface area contributed by atoms with Gasteiger partial charge in [0.05, 0.1) is 0 Å². The summed E-state index contributed by atoms with van der Waals surface area (Å²) in [5.74, 6) is -0.832. The molecule has 0 atom stereocenters. The number of hydrogen-bond donors (Lipinski definition) is 0. The van der Waals surface area contributed by atoms with Crippen LogP contribution in [0.5, 0.6) is 0 Å². The van der Waals surface area contributed by atoms with Gasteiger partial charge in [-0.05, 0) is 42.0 Å². The van der Waals surface area contributed by atoms with Crippen LogP contribution in [0.15, 0.2) is 60.8 Å². The third kappa shape index (κ3) is 3.27. The number of carbonyl (C=O) groups excluding carboxylic acids is 2. The molecule has 0 N–H and O–H groups in total. The zero-order valence-electron chi connectivity index (χ0n) is 15.8. The van der Waals surface area contributed by atoms with Crippen molar-refractivity contribution in [1.82, 2.24) is 9.30 Å². The predicted octanol–water partition coefficient (Wildman–Crippen LogP) is 4.44. The number of ketones is 1. The normalized spacial score (nSPS) is 16.4. The van der Waals surface area contributed by atoms with Crippen LogP contribution in [0.1, 0.15) is 37.2 Å². The Morgan fingerprint density at radius 2 is 1.74 bits per heavy atom. The van der Waals surface area contributed by atoms with Gasteiger partial charge in [-0.15, -0.1) is 0 Å². The molecule has 1 aromatic carbocycles. The summed E-state index contributed by atoms with van der Waals surface area (Å²) < 4.78 is 1.83. The first-order chi connectivity index (χ1) is 13.0. The number of likely N-dealkylation sites (tertiary alicyclic amines) is 1. The summed E-state index contributed by atoms with van der Waals surface area (Å²) >= 11 is 0. The van der Waals surface area contributed by atoms with Gasteiger partial charge in [-0.25, -0.2) is 0 Å². The smallest absolute Gasteiger partial charge is 0.296 e. The van der Waals surface area contributed by atoms with Gasteiger partial charge in [0.15, 0.2) is 0 Å². The topological polar surface area (TPSA) is 41.8 Å². The third-order valence-corrected chi connectivity index (χ3v) is 5.36. The SMILES string of the molecule is CC1(C)CCCN(C(=O)C(=O)c2c(-c3ccccc3)cc3ccccn23)C1. The van der Waals surface area contributed by atoms with Gasteiger partial charge in [0.25, 0.3) is 11.7 Å². The van der Waals surface area contributed by atoms with E-state index in [9.17, 15) is 9.59 Å². The average molecular weight is 360 g/mol. The van der Waals surface area contributed by atoms with Gasteiger partial charge >= 0.3 is 0 Å². The first kappa shape index (κ1) is 17.5. The fourth-order valence-electron chi connectivity index (χ4n) is 4.03. The molecule has 0 radical (unpaired) electrons. The number of benzene rings is 1. The Morgan fingerprint density at radius 1 is 1.00 bits per heavy atom. The molecule has 0 aliphatic carbocycles. The van der Waals surface area contributed by atoms with E-state index >= 15 is 0 Å². The van der Waals surface area contributed by atoms with Crippen molar-refractivity contribution in [2.24, 2.45) is 5.41 Å². The number of aromatic nitrogens is 1. The highest BCUT2D eigenvalue weighted by Crippen LogP contribution is 2.31. The third-order valence-electron chi connectivity index (χ3n) is 5.36. The number of pyridine rings is 1. The molecule has 1 saturated heterocycles. The first-order valence-corrected chi connectivity index (χ1v) is 9.45. The fraction of sp³-hybridized carbons (Fsp3) is 0.304. The van der Waals surface area contributed by atoms with Crippen LogP contribution >= 0.6 is 0 Å². The lowest BCUT2D eigenvalue weighted by atomic mass is 9.84. The highest BCUT2D eigenvalue weighted by atomic mass is 16.2. The Labute approximate surface area is 159 Å². The fourth-order valence-corrected chi connectivity index (χ4v) is 4.03. The van der Waals surface area contributed by atoms with Gasteiger partial charge < -0.3 is 9.30 Å². The molecule has 0 bridgehead atoms. The molecule has 3 aromatic rings. The zero-order chi connectivity index (χ0) is 19.0. The number of fused-ring (bicyclic) bond motifs is 1. The molecule has 0 saturated carbocycles.